The monoisotopic (exact) mass is 1060 g/mol. The van der Waals surface area contributed by atoms with Gasteiger partial charge in [0, 0.05) is 11.6 Å². The van der Waals surface area contributed by atoms with Crippen molar-refractivity contribution < 1.29 is 4.58 Å². The van der Waals surface area contributed by atoms with Crippen LogP contribution in [0.5, 0.6) is 0 Å². The number of allylic oxidation sites excluding steroid dienone is 6. The minimum Gasteiger partial charge on any atom is -0.191 e. The van der Waals surface area contributed by atoms with Gasteiger partial charge in [0.1, 0.15) is 29.3 Å². The van der Waals surface area contributed by atoms with Crippen molar-refractivity contribution in [3.63, 3.8) is 0 Å². The number of benzene rings is 8. The Kier molecular flexibility index (Phi) is 14.4. The fourth-order valence-electron chi connectivity index (χ4n) is 13.8. The zero-order chi connectivity index (χ0) is 53.3. The molecule has 1 aliphatic carbocycles. The van der Waals surface area contributed by atoms with Crippen molar-refractivity contribution in [2.45, 2.75) is 69.6 Å². The maximum absolute atomic E-state index is 8.06. The molecule has 0 N–H and O–H groups in total. The third kappa shape index (κ3) is 9.13. The molecule has 1 saturated carbocycles. The van der Waals surface area contributed by atoms with Gasteiger partial charge in [-0.3, -0.25) is 0 Å². The molecule has 388 valence electrons. The summed E-state index contributed by atoms with van der Waals surface area (Å²) in [5.74, 6) is 0.152. The maximum atomic E-state index is 8.06. The van der Waals surface area contributed by atoms with Crippen molar-refractivity contribution >= 4 is 74.4 Å². The summed E-state index contributed by atoms with van der Waals surface area (Å²) < 4.78 is 2.66. The first kappa shape index (κ1) is 52.6. The molecule has 0 spiro atoms. The third-order valence-corrected chi connectivity index (χ3v) is 29.7. The van der Waals surface area contributed by atoms with E-state index < -0.39 is 18.7 Å². The number of rotatable bonds is 15. The summed E-state index contributed by atoms with van der Waals surface area (Å²) in [4.78, 5) is 2.10. The van der Waals surface area contributed by atoms with Crippen molar-refractivity contribution in [2.75, 3.05) is 37.0 Å². The molecule has 2 heterocycles. The zero-order valence-electron chi connectivity index (χ0n) is 45.9. The summed E-state index contributed by atoms with van der Waals surface area (Å²) in [5.41, 5.74) is 8.92. The maximum Gasteiger partial charge on any atom is 0.209 e. The molecule has 8 aromatic carbocycles. The number of alkyl halides is 1. The average Bonchev–Trinajstić information content (AvgIpc) is 3.90. The second kappa shape index (κ2) is 21.1. The van der Waals surface area contributed by atoms with E-state index in [1.165, 1.54) is 71.3 Å². The van der Waals surface area contributed by atoms with E-state index in [2.05, 4.69) is 306 Å². The molecular weight excluding hydrogens is 990 g/mol. The number of hydrogen-bond donors (Lipinski definition) is 0. The molecule has 77 heavy (non-hydrogen) atoms. The van der Waals surface area contributed by atoms with Gasteiger partial charge in [-0.15, -0.1) is 0 Å². The van der Waals surface area contributed by atoms with E-state index in [1.807, 2.05) is 0 Å². The van der Waals surface area contributed by atoms with E-state index in [1.54, 1.807) is 0 Å². The van der Waals surface area contributed by atoms with E-state index in [0.717, 1.165) is 44.7 Å². The summed E-state index contributed by atoms with van der Waals surface area (Å²) in [6.45, 7) is 13.3. The van der Waals surface area contributed by atoms with Gasteiger partial charge < -0.3 is 0 Å². The number of hydrogen-bond acceptors (Lipinski definition) is 1. The second-order valence-corrected chi connectivity index (χ2v) is 33.2. The molecule has 2 nitrogen and oxygen atoms in total. The fraction of sp³-hybridized carbons (Fsp3) is 0.236. The average molecular weight is 1070 g/mol. The van der Waals surface area contributed by atoms with Crippen LogP contribution in [0, 0.1) is 5.92 Å². The van der Waals surface area contributed by atoms with Crippen molar-refractivity contribution in [2.24, 2.45) is 5.92 Å². The number of nitrogens with zero attached hydrogens (tertiary/aromatic N) is 2. The summed E-state index contributed by atoms with van der Waals surface area (Å²) in [6, 6.07) is 86.3. The summed E-state index contributed by atoms with van der Waals surface area (Å²) in [7, 11) is -2.08. The Morgan fingerprint density at radius 1 is 0.558 bits per heavy atom. The summed E-state index contributed by atoms with van der Waals surface area (Å²) in [6.07, 6.45) is 14.9. The Morgan fingerprint density at radius 3 is 1.53 bits per heavy atom. The van der Waals surface area contributed by atoms with Gasteiger partial charge in [-0.1, -0.05) is 72.8 Å². The van der Waals surface area contributed by atoms with Gasteiger partial charge in [0.25, 0.3) is 0 Å². The Hall–Kier alpha value is -6.40. The molecule has 3 aliphatic rings. The van der Waals surface area contributed by atoms with Crippen molar-refractivity contribution in [3.8, 4) is 0 Å². The van der Waals surface area contributed by atoms with Crippen LogP contribution in [-0.2, 0) is 10.8 Å². The van der Waals surface area contributed by atoms with Gasteiger partial charge in [-0.05, 0) is 50.2 Å². The first-order chi connectivity index (χ1) is 37.3. The van der Waals surface area contributed by atoms with Crippen LogP contribution < -0.4 is 36.7 Å². The molecule has 1 fully saturated rings. The molecular formula is C72H75ClN2P2+2. The molecule has 0 bridgehead atoms. The van der Waals surface area contributed by atoms with E-state index >= 15 is 0 Å². The second-order valence-electron chi connectivity index (χ2n) is 23.2. The SMILES string of the molecule is CC1(C)C(/C=C/C2CCC/C(=C\C=C3\N(CCP(C)(c4ccccc4)(c4ccccc4)c4ccccc4)c4ccccc4C3(C)C)C2(C)Cl)=[N+](CC[P+](c2ccccc2)(c2ccccc2)c2ccccc2)c2ccccc21. The van der Waals surface area contributed by atoms with Crippen LogP contribution in [0.2, 0.25) is 0 Å². The van der Waals surface area contributed by atoms with Crippen LogP contribution in [0.15, 0.2) is 266 Å². The first-order valence-electron chi connectivity index (χ1n) is 27.9. The molecule has 2 atom stereocenters. The third-order valence-electron chi connectivity index (χ3n) is 18.3. The van der Waals surface area contributed by atoms with Crippen molar-refractivity contribution in [3.05, 3.63) is 277 Å². The standard InChI is InChI=1S/C72H75ClN2P2/c1-70(2)64-44-25-27-46-66(64)74(52-54-76(58-32-13-7-14-33-58,59-34-15-8-16-35-59)60-36-17-9-18-37-60)68(70)50-48-56-30-29-31-57(72(56,5)73)49-51-69-71(3,4)65-45-26-28-47-67(65)75(69)53-55-77(6,61-38-19-10-20-39-61,62-40-21-11-22-41-62)63-42-23-12-24-43-63/h7-28,32-51,56H,29-31,52-55H2,1-6H3/q+2/b50-48+,57-49+,69-51+. The molecule has 2 aliphatic heterocycles. The van der Waals surface area contributed by atoms with Crippen LogP contribution in [0.3, 0.4) is 0 Å². The van der Waals surface area contributed by atoms with Gasteiger partial charge in [0.15, 0.2) is 6.54 Å². The fourth-order valence-corrected chi connectivity index (χ4v) is 23.6. The van der Waals surface area contributed by atoms with Crippen LogP contribution in [0.25, 0.3) is 0 Å². The number of anilines is 1. The van der Waals surface area contributed by atoms with Gasteiger partial charge >= 0.3 is 282 Å². The van der Waals surface area contributed by atoms with E-state index in [0.29, 0.717) is 0 Å². The Labute approximate surface area is 465 Å². The Balaban J connectivity index is 0.954. The van der Waals surface area contributed by atoms with E-state index in [-0.39, 0.29) is 16.7 Å². The van der Waals surface area contributed by atoms with Crippen molar-refractivity contribution in [1.29, 1.82) is 0 Å². The molecule has 0 radical (unpaired) electrons. The van der Waals surface area contributed by atoms with Crippen LogP contribution in [-0.4, -0.2) is 47.2 Å². The number of para-hydroxylation sites is 2. The Morgan fingerprint density at radius 2 is 1.01 bits per heavy atom. The molecule has 5 heteroatoms. The minimum atomic E-state index is -3.04. The van der Waals surface area contributed by atoms with E-state index in [4.69, 9.17) is 11.6 Å². The molecule has 0 amide bonds. The zero-order valence-corrected chi connectivity index (χ0v) is 48.5. The molecule has 11 rings (SSSR count). The predicted molar refractivity (Wildman–Crippen MR) is 339 cm³/mol. The van der Waals surface area contributed by atoms with Crippen LogP contribution in [0.4, 0.5) is 11.4 Å². The number of fused-ring (bicyclic) bond motifs is 2. The topological polar surface area (TPSA) is 6.25 Å². The van der Waals surface area contributed by atoms with Gasteiger partial charge in [-0.25, -0.2) is 0 Å². The summed E-state index contributed by atoms with van der Waals surface area (Å²) in [5, 5.41) is 8.50. The number of halogens is 1. The molecule has 8 aromatic rings. The van der Waals surface area contributed by atoms with Gasteiger partial charge in [0.05, 0.1) is 5.41 Å². The minimum absolute atomic E-state index is 0.152. The van der Waals surface area contributed by atoms with Crippen LogP contribution >= 0.6 is 25.5 Å². The largest absolute Gasteiger partial charge is 0.209 e. The summed E-state index contributed by atoms with van der Waals surface area (Å²) >= 11 is 8.06. The molecule has 0 aromatic heterocycles. The normalized spacial score (nSPS) is 20.5. The molecule has 2 unspecified atom stereocenters. The van der Waals surface area contributed by atoms with Crippen molar-refractivity contribution in [1.82, 2.24) is 0 Å². The Bertz CT molecular complexity index is 3290. The smallest absolute Gasteiger partial charge is 0.191 e. The quantitative estimate of drug-likeness (QED) is 0.0563. The molecule has 0 saturated heterocycles. The van der Waals surface area contributed by atoms with Gasteiger partial charge in [-0.2, -0.15) is 4.58 Å². The first-order valence-corrected chi connectivity index (χ1v) is 33.1. The van der Waals surface area contributed by atoms with Gasteiger partial charge in [0.2, 0.25) is 5.69 Å². The van der Waals surface area contributed by atoms with Crippen LogP contribution in [0.1, 0.15) is 65.0 Å². The van der Waals surface area contributed by atoms with E-state index in [9.17, 15) is 0 Å². The predicted octanol–water partition coefficient (Wildman–Crippen LogP) is 15.2.